The Morgan fingerprint density at radius 3 is 2.65 bits per heavy atom. The molecule has 0 radical (unpaired) electrons. The van der Waals surface area contributed by atoms with Crippen molar-refractivity contribution in [2.24, 2.45) is 5.16 Å². The standard InChI is InChI=1S/C14H16BrNO/c1-3-4-5-6-7-14(16-17-2)12-8-10-13(15)11-9-12/h8-11H,3-5H2,1-2H3/b16-14-. The van der Waals surface area contributed by atoms with Crippen LogP contribution in [0.15, 0.2) is 33.9 Å². The minimum absolute atomic E-state index is 0.677. The van der Waals surface area contributed by atoms with Crippen molar-refractivity contribution in [2.75, 3.05) is 7.11 Å². The maximum Gasteiger partial charge on any atom is 0.159 e. The molecule has 3 heteroatoms. The lowest BCUT2D eigenvalue weighted by Crippen LogP contribution is -1.98. The van der Waals surface area contributed by atoms with E-state index in [0.29, 0.717) is 5.71 Å². The molecule has 1 aromatic rings. The first-order chi connectivity index (χ1) is 8.27. The molecule has 0 N–H and O–H groups in total. The molecule has 2 nitrogen and oxygen atoms in total. The zero-order valence-electron chi connectivity index (χ0n) is 10.2. The zero-order chi connectivity index (χ0) is 12.5. The highest BCUT2D eigenvalue weighted by Crippen LogP contribution is 2.11. The van der Waals surface area contributed by atoms with Crippen molar-refractivity contribution in [1.82, 2.24) is 0 Å². The highest BCUT2D eigenvalue weighted by molar-refractivity contribution is 9.10. The molecular formula is C14H16BrNO. The van der Waals surface area contributed by atoms with Crippen LogP contribution in [0.1, 0.15) is 31.7 Å². The molecule has 0 atom stereocenters. The molecule has 0 fully saturated rings. The lowest BCUT2D eigenvalue weighted by atomic mass is 10.1. The summed E-state index contributed by atoms with van der Waals surface area (Å²) in [6, 6.07) is 7.87. The van der Waals surface area contributed by atoms with E-state index in [1.54, 1.807) is 0 Å². The molecular weight excluding hydrogens is 278 g/mol. The summed E-state index contributed by atoms with van der Waals surface area (Å²) in [6.45, 7) is 2.15. The molecule has 0 amide bonds. The summed E-state index contributed by atoms with van der Waals surface area (Å²) >= 11 is 3.40. The van der Waals surface area contributed by atoms with Crippen LogP contribution in [0.3, 0.4) is 0 Å². The van der Waals surface area contributed by atoms with Gasteiger partial charge in [-0.15, -0.1) is 0 Å². The monoisotopic (exact) mass is 293 g/mol. The van der Waals surface area contributed by atoms with Crippen molar-refractivity contribution in [3.05, 3.63) is 34.3 Å². The first-order valence-electron chi connectivity index (χ1n) is 5.64. The van der Waals surface area contributed by atoms with Crippen molar-refractivity contribution in [3.8, 4) is 11.8 Å². The lowest BCUT2D eigenvalue weighted by molar-refractivity contribution is 0.214. The summed E-state index contributed by atoms with van der Waals surface area (Å²) in [5, 5.41) is 3.95. The van der Waals surface area contributed by atoms with Gasteiger partial charge in [-0.25, -0.2) is 0 Å². The van der Waals surface area contributed by atoms with E-state index in [1.165, 1.54) is 7.11 Å². The Morgan fingerprint density at radius 1 is 1.35 bits per heavy atom. The molecule has 0 aliphatic heterocycles. The summed E-state index contributed by atoms with van der Waals surface area (Å²) < 4.78 is 1.04. The third-order valence-corrected chi connectivity index (χ3v) is 2.69. The fourth-order valence-electron chi connectivity index (χ4n) is 1.26. The molecule has 0 spiro atoms. The van der Waals surface area contributed by atoms with Crippen LogP contribution in [0.2, 0.25) is 0 Å². The fraction of sp³-hybridized carbons (Fsp3) is 0.357. The summed E-state index contributed by atoms with van der Waals surface area (Å²) in [6.07, 6.45) is 3.17. The molecule has 17 heavy (non-hydrogen) atoms. The average molecular weight is 294 g/mol. The topological polar surface area (TPSA) is 21.6 Å². The van der Waals surface area contributed by atoms with Gasteiger partial charge in [0.05, 0.1) is 0 Å². The van der Waals surface area contributed by atoms with Crippen molar-refractivity contribution in [1.29, 1.82) is 0 Å². The van der Waals surface area contributed by atoms with Crippen LogP contribution >= 0.6 is 15.9 Å². The van der Waals surface area contributed by atoms with Gasteiger partial charge in [0.2, 0.25) is 0 Å². The van der Waals surface area contributed by atoms with E-state index in [2.05, 4.69) is 39.9 Å². The molecule has 1 rings (SSSR count). The molecule has 1 aromatic carbocycles. The van der Waals surface area contributed by atoms with E-state index < -0.39 is 0 Å². The van der Waals surface area contributed by atoms with Gasteiger partial charge in [-0.3, -0.25) is 0 Å². The van der Waals surface area contributed by atoms with E-state index in [1.807, 2.05) is 24.3 Å². The molecule has 0 unspecified atom stereocenters. The largest absolute Gasteiger partial charge is 0.398 e. The number of hydrogen-bond acceptors (Lipinski definition) is 2. The average Bonchev–Trinajstić information content (AvgIpc) is 2.34. The Kier molecular flexibility index (Phi) is 6.42. The van der Waals surface area contributed by atoms with Gasteiger partial charge in [-0.2, -0.15) is 0 Å². The molecule has 0 saturated heterocycles. The Hall–Kier alpha value is -1.27. The number of unbranched alkanes of at least 4 members (excludes halogenated alkanes) is 2. The minimum Gasteiger partial charge on any atom is -0.398 e. The number of halogens is 1. The summed E-state index contributed by atoms with van der Waals surface area (Å²) in [4.78, 5) is 4.82. The van der Waals surface area contributed by atoms with Gasteiger partial charge in [0.25, 0.3) is 0 Å². The SMILES string of the molecule is CCCCC#C/C(=N/OC)c1ccc(Br)cc1. The van der Waals surface area contributed by atoms with Gasteiger partial charge in [-0.05, 0) is 24.5 Å². The Labute approximate surface area is 111 Å². The van der Waals surface area contributed by atoms with Gasteiger partial charge in [0.15, 0.2) is 5.71 Å². The number of hydrogen-bond donors (Lipinski definition) is 0. The van der Waals surface area contributed by atoms with Crippen LogP contribution < -0.4 is 0 Å². The van der Waals surface area contributed by atoms with Crippen LogP contribution in [0.4, 0.5) is 0 Å². The van der Waals surface area contributed by atoms with E-state index in [4.69, 9.17) is 4.84 Å². The van der Waals surface area contributed by atoms with Crippen LogP contribution in [0.25, 0.3) is 0 Å². The van der Waals surface area contributed by atoms with Crippen LogP contribution in [-0.2, 0) is 4.84 Å². The maximum atomic E-state index is 4.82. The van der Waals surface area contributed by atoms with E-state index >= 15 is 0 Å². The summed E-state index contributed by atoms with van der Waals surface area (Å²) in [5.41, 5.74) is 1.65. The maximum absolute atomic E-state index is 4.82. The normalized spacial score (nSPS) is 10.6. The quantitative estimate of drug-likeness (QED) is 0.356. The highest BCUT2D eigenvalue weighted by atomic mass is 79.9. The highest BCUT2D eigenvalue weighted by Gasteiger charge is 2.00. The second-order valence-corrected chi connectivity index (χ2v) is 4.45. The third-order valence-electron chi connectivity index (χ3n) is 2.16. The number of benzene rings is 1. The minimum atomic E-state index is 0.677. The van der Waals surface area contributed by atoms with Gasteiger partial charge in [0.1, 0.15) is 7.11 Å². The summed E-state index contributed by atoms with van der Waals surface area (Å²) in [5.74, 6) is 6.16. The van der Waals surface area contributed by atoms with Crippen molar-refractivity contribution >= 4 is 21.6 Å². The van der Waals surface area contributed by atoms with E-state index in [9.17, 15) is 0 Å². The smallest absolute Gasteiger partial charge is 0.159 e. The van der Waals surface area contributed by atoms with E-state index in [0.717, 1.165) is 29.3 Å². The second kappa shape index (κ2) is 7.92. The predicted octanol–water partition coefficient (Wildman–Crippen LogP) is 3.99. The first-order valence-corrected chi connectivity index (χ1v) is 6.43. The van der Waals surface area contributed by atoms with Crippen LogP contribution in [0, 0.1) is 11.8 Å². The number of nitrogens with zero attached hydrogens (tertiary/aromatic N) is 1. The first kappa shape index (κ1) is 13.8. The van der Waals surface area contributed by atoms with Gasteiger partial charge < -0.3 is 4.84 Å². The molecule has 0 aliphatic rings. The molecule has 0 aliphatic carbocycles. The van der Waals surface area contributed by atoms with Crippen molar-refractivity contribution < 1.29 is 4.84 Å². The van der Waals surface area contributed by atoms with Crippen LogP contribution in [0.5, 0.6) is 0 Å². The second-order valence-electron chi connectivity index (χ2n) is 3.53. The number of oxime groups is 1. The van der Waals surface area contributed by atoms with E-state index in [-0.39, 0.29) is 0 Å². The molecule has 0 aromatic heterocycles. The molecule has 0 bridgehead atoms. The predicted molar refractivity (Wildman–Crippen MR) is 75.0 cm³/mol. The van der Waals surface area contributed by atoms with Crippen LogP contribution in [-0.4, -0.2) is 12.8 Å². The zero-order valence-corrected chi connectivity index (χ0v) is 11.8. The lowest BCUT2D eigenvalue weighted by Gasteiger charge is -1.98. The molecule has 0 heterocycles. The Balaban J connectivity index is 2.82. The van der Waals surface area contributed by atoms with Gasteiger partial charge in [0, 0.05) is 16.5 Å². The van der Waals surface area contributed by atoms with Gasteiger partial charge in [-0.1, -0.05) is 52.5 Å². The third kappa shape index (κ3) is 5.06. The van der Waals surface area contributed by atoms with Crippen molar-refractivity contribution in [2.45, 2.75) is 26.2 Å². The molecule has 0 saturated carbocycles. The summed E-state index contributed by atoms with van der Waals surface area (Å²) in [7, 11) is 1.53. The Morgan fingerprint density at radius 2 is 2.06 bits per heavy atom. The molecule has 90 valence electrons. The van der Waals surface area contributed by atoms with Gasteiger partial charge >= 0.3 is 0 Å². The van der Waals surface area contributed by atoms with Crippen molar-refractivity contribution in [3.63, 3.8) is 0 Å². The Bertz CT molecular complexity index is 426. The number of rotatable bonds is 4. The fourth-order valence-corrected chi connectivity index (χ4v) is 1.52.